The quantitative estimate of drug-likeness (QED) is 0.352. The van der Waals surface area contributed by atoms with Crippen molar-refractivity contribution in [2.45, 2.75) is 97.4 Å². The Hall–Kier alpha value is -1.24. The Balaban J connectivity index is 1.73. The lowest BCUT2D eigenvalue weighted by Gasteiger charge is -2.44. The van der Waals surface area contributed by atoms with Crippen molar-refractivity contribution in [3.8, 4) is 0 Å². The van der Waals surface area contributed by atoms with E-state index in [4.69, 9.17) is 29.4 Å². The van der Waals surface area contributed by atoms with E-state index in [1.54, 1.807) is 13.8 Å². The molecule has 1 amide bonds. The van der Waals surface area contributed by atoms with Crippen LogP contribution in [0.5, 0.6) is 0 Å². The number of rotatable bonds is 12. The molecule has 2 fully saturated rings. The molecule has 0 saturated carbocycles. The Bertz CT molecular complexity index is 791. The summed E-state index contributed by atoms with van der Waals surface area (Å²) in [7, 11) is 1.33. The number of carbonyl (C=O) groups excluding carboxylic acids is 3. The van der Waals surface area contributed by atoms with Gasteiger partial charge in [0.1, 0.15) is 6.10 Å². The van der Waals surface area contributed by atoms with Crippen LogP contribution < -0.4 is 11.1 Å². The van der Waals surface area contributed by atoms with E-state index in [0.717, 1.165) is 0 Å². The van der Waals surface area contributed by atoms with Crippen molar-refractivity contribution in [3.05, 3.63) is 0 Å². The van der Waals surface area contributed by atoms with Gasteiger partial charge in [0.05, 0.1) is 39.8 Å². The predicted molar refractivity (Wildman–Crippen MR) is 141 cm³/mol. The largest absolute Gasteiger partial charge is 0.469 e. The maximum Gasteiger partial charge on any atom is 0.305 e. The Morgan fingerprint density at radius 3 is 2.30 bits per heavy atom. The molecule has 2 saturated heterocycles. The van der Waals surface area contributed by atoms with Gasteiger partial charge in [-0.1, -0.05) is 39.5 Å². The molecule has 214 valence electrons. The molecule has 2 atom stereocenters. The van der Waals surface area contributed by atoms with E-state index >= 15 is 0 Å². The number of carbonyl (C=O) groups is 3. The Morgan fingerprint density at radius 1 is 1.03 bits per heavy atom. The number of hydrogen-bond acceptors (Lipinski definition) is 10. The second-order valence-electron chi connectivity index (χ2n) is 11.9. The summed E-state index contributed by atoms with van der Waals surface area (Å²) in [6.45, 7) is 13.3. The fraction of sp³-hybridized carbons (Fsp3) is 0.885. The third-order valence-electron chi connectivity index (χ3n) is 6.51. The first-order chi connectivity index (χ1) is 17.1. The molecule has 0 radical (unpaired) electrons. The average Bonchev–Trinajstić information content (AvgIpc) is 2.81. The molecule has 2 aliphatic heterocycles. The Kier molecular flexibility index (Phi) is 11.4. The monoisotopic (exact) mass is 546 g/mol. The van der Waals surface area contributed by atoms with E-state index in [1.165, 1.54) is 18.9 Å². The van der Waals surface area contributed by atoms with Gasteiger partial charge in [0.15, 0.2) is 16.7 Å². The van der Waals surface area contributed by atoms with E-state index in [1.807, 2.05) is 27.7 Å². The van der Waals surface area contributed by atoms with Crippen molar-refractivity contribution in [1.82, 2.24) is 5.32 Å². The lowest BCUT2D eigenvalue weighted by Crippen LogP contribution is -2.56. The topological polar surface area (TPSA) is 135 Å². The second kappa shape index (κ2) is 13.2. The molecule has 1 unspecified atom stereocenters. The Morgan fingerprint density at radius 2 is 1.68 bits per heavy atom. The highest BCUT2D eigenvalue weighted by atomic mass is 32.2. The van der Waals surface area contributed by atoms with Crippen LogP contribution in [0.25, 0.3) is 0 Å². The molecule has 3 N–H and O–H groups in total. The zero-order chi connectivity index (χ0) is 27.9. The van der Waals surface area contributed by atoms with Gasteiger partial charge >= 0.3 is 5.97 Å². The third-order valence-corrected chi connectivity index (χ3v) is 7.42. The number of esters is 1. The SMILES string of the molecule is COC(=O)CCC1(CC(=O)SCCC(N)CCNC(=O)[C@@H]2OC(C)(C)OCC2(C)C)OCC(C)(C)CO1. The first-order valence-electron chi connectivity index (χ1n) is 12.9. The molecule has 2 aliphatic rings. The van der Waals surface area contributed by atoms with Gasteiger partial charge in [-0.3, -0.25) is 14.4 Å². The molecular weight excluding hydrogens is 500 g/mol. The minimum Gasteiger partial charge on any atom is -0.469 e. The average molecular weight is 547 g/mol. The molecule has 0 aromatic rings. The third kappa shape index (κ3) is 10.4. The van der Waals surface area contributed by atoms with Crippen molar-refractivity contribution >= 4 is 28.8 Å². The molecule has 2 rings (SSSR count). The number of amides is 1. The van der Waals surface area contributed by atoms with Crippen molar-refractivity contribution < 1.29 is 38.1 Å². The minimum atomic E-state index is -1.12. The highest BCUT2D eigenvalue weighted by Gasteiger charge is 2.46. The zero-order valence-corrected chi connectivity index (χ0v) is 24.3. The van der Waals surface area contributed by atoms with Gasteiger partial charge < -0.3 is 34.7 Å². The summed E-state index contributed by atoms with van der Waals surface area (Å²) in [5.41, 5.74) is 5.64. The van der Waals surface area contributed by atoms with Gasteiger partial charge in [0.25, 0.3) is 0 Å². The van der Waals surface area contributed by atoms with Crippen molar-refractivity contribution in [2.75, 3.05) is 39.2 Å². The summed E-state index contributed by atoms with van der Waals surface area (Å²) in [4.78, 5) is 37.1. The molecule has 0 aromatic heterocycles. The van der Waals surface area contributed by atoms with Crippen molar-refractivity contribution in [2.24, 2.45) is 16.6 Å². The summed E-state index contributed by atoms with van der Waals surface area (Å²) in [6, 6.07) is -0.170. The normalized spacial score (nSPS) is 24.6. The van der Waals surface area contributed by atoms with Crippen LogP contribution in [0.3, 0.4) is 0 Å². The van der Waals surface area contributed by atoms with Gasteiger partial charge in [0, 0.05) is 35.6 Å². The number of nitrogens with one attached hydrogen (secondary N) is 1. The molecule has 37 heavy (non-hydrogen) atoms. The van der Waals surface area contributed by atoms with Crippen LogP contribution >= 0.6 is 11.8 Å². The summed E-state index contributed by atoms with van der Waals surface area (Å²) in [5.74, 6) is -1.93. The first-order valence-corrected chi connectivity index (χ1v) is 13.9. The summed E-state index contributed by atoms with van der Waals surface area (Å²) >= 11 is 1.18. The van der Waals surface area contributed by atoms with Crippen LogP contribution in [0.2, 0.25) is 0 Å². The van der Waals surface area contributed by atoms with Crippen LogP contribution in [0.1, 0.15) is 73.6 Å². The van der Waals surface area contributed by atoms with Crippen LogP contribution in [-0.4, -0.2) is 79.9 Å². The second-order valence-corrected chi connectivity index (χ2v) is 13.1. The minimum absolute atomic E-state index is 0.0489. The summed E-state index contributed by atoms with van der Waals surface area (Å²) < 4.78 is 28.2. The highest BCUT2D eigenvalue weighted by molar-refractivity contribution is 8.13. The maximum absolute atomic E-state index is 12.7. The fourth-order valence-corrected chi connectivity index (χ4v) is 4.97. The van der Waals surface area contributed by atoms with Gasteiger partial charge in [-0.15, -0.1) is 0 Å². The smallest absolute Gasteiger partial charge is 0.305 e. The van der Waals surface area contributed by atoms with E-state index in [-0.39, 0.29) is 47.7 Å². The number of hydrogen-bond donors (Lipinski definition) is 2. The standard InChI is InChI=1S/C26H46N2O8S/c1-23(2)15-34-26(35-16-23,11-8-19(29)32-7)14-20(30)37-13-10-18(27)9-12-28-22(31)21-24(3,4)17-33-25(5,6)36-21/h18,21H,8-17,27H2,1-7H3,(H,28,31)/t18?,21-/m0/s1. The zero-order valence-electron chi connectivity index (χ0n) is 23.5. The predicted octanol–water partition coefficient (Wildman–Crippen LogP) is 2.76. The summed E-state index contributed by atoms with van der Waals surface area (Å²) in [5, 5.41) is 2.85. The molecule has 10 nitrogen and oxygen atoms in total. The molecule has 0 spiro atoms. The van der Waals surface area contributed by atoms with Crippen molar-refractivity contribution in [3.63, 3.8) is 0 Å². The van der Waals surface area contributed by atoms with Crippen molar-refractivity contribution in [1.29, 1.82) is 0 Å². The molecule has 11 heteroatoms. The van der Waals surface area contributed by atoms with Gasteiger partial charge in [-0.05, 0) is 26.7 Å². The van der Waals surface area contributed by atoms with E-state index in [0.29, 0.717) is 45.0 Å². The van der Waals surface area contributed by atoms with E-state index in [9.17, 15) is 14.4 Å². The molecular formula is C26H46N2O8S. The van der Waals surface area contributed by atoms with E-state index in [2.05, 4.69) is 5.32 Å². The highest BCUT2D eigenvalue weighted by Crippen LogP contribution is 2.37. The fourth-order valence-electron chi connectivity index (χ4n) is 4.00. The summed E-state index contributed by atoms with van der Waals surface area (Å²) in [6.07, 6.45) is 1.00. The van der Waals surface area contributed by atoms with Gasteiger partial charge in [-0.25, -0.2) is 0 Å². The number of thioether (sulfide) groups is 1. The van der Waals surface area contributed by atoms with Crippen LogP contribution in [-0.2, 0) is 38.1 Å². The molecule has 0 aliphatic carbocycles. The lowest BCUT2D eigenvalue weighted by atomic mass is 9.85. The molecule has 0 aromatic carbocycles. The lowest BCUT2D eigenvalue weighted by molar-refractivity contribution is -0.304. The van der Waals surface area contributed by atoms with Crippen LogP contribution in [0.4, 0.5) is 0 Å². The number of ether oxygens (including phenoxy) is 5. The Labute approximate surface area is 225 Å². The van der Waals surface area contributed by atoms with E-state index < -0.39 is 23.1 Å². The number of nitrogens with two attached hydrogens (primary N) is 1. The van der Waals surface area contributed by atoms with Gasteiger partial charge in [0.2, 0.25) is 5.91 Å². The molecule has 0 bridgehead atoms. The first kappa shape index (κ1) is 32.0. The van der Waals surface area contributed by atoms with Gasteiger partial charge in [-0.2, -0.15) is 0 Å². The number of methoxy groups -OCH3 is 1. The molecule has 2 heterocycles. The van der Waals surface area contributed by atoms with Crippen LogP contribution in [0.15, 0.2) is 0 Å². The van der Waals surface area contributed by atoms with Crippen LogP contribution in [0, 0.1) is 10.8 Å². The maximum atomic E-state index is 12.7.